The molecule has 0 N–H and O–H groups in total. The third kappa shape index (κ3) is 2.95. The van der Waals surface area contributed by atoms with Crippen LogP contribution in [0.2, 0.25) is 0 Å². The van der Waals surface area contributed by atoms with Gasteiger partial charge in [-0.3, -0.25) is 0 Å². The molecule has 0 spiro atoms. The Bertz CT molecular complexity index is 130. The summed E-state index contributed by atoms with van der Waals surface area (Å²) in [5.41, 5.74) is -0.627. The molecular formula is C6H7F3. The van der Waals surface area contributed by atoms with E-state index in [0.29, 0.717) is 0 Å². The topological polar surface area (TPSA) is 0 Å². The largest absolute Gasteiger partial charge is 0.412 e. The minimum Gasteiger partial charge on any atom is -0.166 e. The fourth-order valence-corrected chi connectivity index (χ4v) is 0.271. The highest BCUT2D eigenvalue weighted by atomic mass is 19.4. The van der Waals surface area contributed by atoms with Crippen LogP contribution in [0.1, 0.15) is 6.92 Å². The summed E-state index contributed by atoms with van der Waals surface area (Å²) in [6.07, 6.45) is -2.16. The van der Waals surface area contributed by atoms with E-state index >= 15 is 0 Å². The summed E-state index contributed by atoms with van der Waals surface area (Å²) < 4.78 is 34.6. The second-order valence-corrected chi connectivity index (χ2v) is 1.58. The summed E-state index contributed by atoms with van der Waals surface area (Å²) in [6, 6.07) is 0. The fourth-order valence-electron chi connectivity index (χ4n) is 0.271. The highest BCUT2D eigenvalue weighted by Gasteiger charge is 2.28. The van der Waals surface area contributed by atoms with Crippen LogP contribution in [0.3, 0.4) is 0 Å². The van der Waals surface area contributed by atoms with Gasteiger partial charge in [0.2, 0.25) is 0 Å². The molecule has 0 atom stereocenters. The van der Waals surface area contributed by atoms with Gasteiger partial charge < -0.3 is 0 Å². The summed E-state index contributed by atoms with van der Waals surface area (Å²) in [6.45, 7) is 4.14. The number of rotatable bonds is 1. The first kappa shape index (κ1) is 8.27. The van der Waals surface area contributed by atoms with Gasteiger partial charge in [0, 0.05) is 5.57 Å². The monoisotopic (exact) mass is 136 g/mol. The van der Waals surface area contributed by atoms with Crippen LogP contribution >= 0.6 is 0 Å². The highest BCUT2D eigenvalue weighted by molar-refractivity contribution is 5.12. The van der Waals surface area contributed by atoms with E-state index in [9.17, 15) is 13.2 Å². The van der Waals surface area contributed by atoms with Gasteiger partial charge in [0.25, 0.3) is 0 Å². The van der Waals surface area contributed by atoms with Crippen molar-refractivity contribution in [3.63, 3.8) is 0 Å². The lowest BCUT2D eigenvalue weighted by molar-refractivity contribution is -0.0912. The minimum atomic E-state index is -4.20. The average Bonchev–Trinajstić information content (AvgIpc) is 1.64. The maximum absolute atomic E-state index is 11.5. The normalized spacial score (nSPS) is 13.6. The van der Waals surface area contributed by atoms with E-state index in [2.05, 4.69) is 6.58 Å². The maximum atomic E-state index is 11.5. The van der Waals surface area contributed by atoms with E-state index < -0.39 is 11.7 Å². The Hall–Kier alpha value is -0.730. The molecule has 0 saturated carbocycles. The molecule has 0 aliphatic heterocycles. The standard InChI is InChI=1S/C6H7F3/c1-3-4-5(2)6(7,8)9/h3-4H,1H2,2H3/b5-4+. The van der Waals surface area contributed by atoms with Crippen LogP contribution in [0.15, 0.2) is 24.3 Å². The summed E-state index contributed by atoms with van der Waals surface area (Å²) in [7, 11) is 0. The summed E-state index contributed by atoms with van der Waals surface area (Å²) in [5, 5.41) is 0. The molecule has 0 aliphatic rings. The molecule has 0 fully saturated rings. The van der Waals surface area contributed by atoms with E-state index in [1.54, 1.807) is 0 Å². The number of alkyl halides is 3. The molecule has 52 valence electrons. The number of allylic oxidation sites excluding steroid dienone is 3. The second-order valence-electron chi connectivity index (χ2n) is 1.58. The molecule has 0 rings (SSSR count). The van der Waals surface area contributed by atoms with Crippen LogP contribution in [0.5, 0.6) is 0 Å². The molecule has 0 aromatic rings. The quantitative estimate of drug-likeness (QED) is 0.486. The zero-order valence-corrected chi connectivity index (χ0v) is 5.00. The van der Waals surface area contributed by atoms with Crippen molar-refractivity contribution in [3.8, 4) is 0 Å². The molecule has 3 heteroatoms. The van der Waals surface area contributed by atoms with Gasteiger partial charge in [0.1, 0.15) is 0 Å². The van der Waals surface area contributed by atoms with Crippen LogP contribution in [0.4, 0.5) is 13.2 Å². The van der Waals surface area contributed by atoms with Gasteiger partial charge >= 0.3 is 6.18 Å². The van der Waals surface area contributed by atoms with Gasteiger partial charge in [-0.15, -0.1) is 0 Å². The van der Waals surface area contributed by atoms with Gasteiger partial charge in [0.05, 0.1) is 0 Å². The zero-order chi connectivity index (χ0) is 7.49. The Morgan fingerprint density at radius 2 is 1.89 bits per heavy atom. The maximum Gasteiger partial charge on any atom is 0.412 e. The molecule has 9 heavy (non-hydrogen) atoms. The predicted octanol–water partition coefficient (Wildman–Crippen LogP) is 2.68. The molecule has 0 saturated heterocycles. The molecule has 0 aromatic heterocycles. The van der Waals surface area contributed by atoms with Crippen molar-refractivity contribution in [2.45, 2.75) is 13.1 Å². The lowest BCUT2D eigenvalue weighted by atomic mass is 10.3. The Labute approximate surface area is 51.7 Å². The van der Waals surface area contributed by atoms with E-state index in [1.165, 1.54) is 0 Å². The number of hydrogen-bond acceptors (Lipinski definition) is 0. The molecule has 0 unspecified atom stereocenters. The van der Waals surface area contributed by atoms with Crippen LogP contribution in [-0.2, 0) is 0 Å². The van der Waals surface area contributed by atoms with Crippen LogP contribution < -0.4 is 0 Å². The Morgan fingerprint density at radius 3 is 2.00 bits per heavy atom. The SMILES string of the molecule is C=C/C=C(\C)C(F)(F)F. The van der Waals surface area contributed by atoms with E-state index in [1.807, 2.05) is 0 Å². The van der Waals surface area contributed by atoms with Gasteiger partial charge in [-0.2, -0.15) is 13.2 Å². The van der Waals surface area contributed by atoms with Crippen LogP contribution in [-0.4, -0.2) is 6.18 Å². The van der Waals surface area contributed by atoms with Crippen molar-refractivity contribution in [2.24, 2.45) is 0 Å². The van der Waals surface area contributed by atoms with Crippen molar-refractivity contribution < 1.29 is 13.2 Å². The van der Waals surface area contributed by atoms with Crippen LogP contribution in [0, 0.1) is 0 Å². The number of halogens is 3. The van der Waals surface area contributed by atoms with Crippen molar-refractivity contribution in [2.75, 3.05) is 0 Å². The Morgan fingerprint density at radius 1 is 1.44 bits per heavy atom. The molecule has 0 radical (unpaired) electrons. The first-order chi connectivity index (χ1) is 3.98. The van der Waals surface area contributed by atoms with Crippen LogP contribution in [0.25, 0.3) is 0 Å². The smallest absolute Gasteiger partial charge is 0.166 e. The van der Waals surface area contributed by atoms with Gasteiger partial charge in [0.15, 0.2) is 0 Å². The second kappa shape index (κ2) is 2.71. The van der Waals surface area contributed by atoms with Crippen molar-refractivity contribution in [1.29, 1.82) is 0 Å². The average molecular weight is 136 g/mol. The molecule has 0 amide bonds. The first-order valence-electron chi connectivity index (χ1n) is 2.35. The van der Waals surface area contributed by atoms with E-state index in [4.69, 9.17) is 0 Å². The zero-order valence-electron chi connectivity index (χ0n) is 5.00. The molecule has 0 aromatic carbocycles. The Balaban J connectivity index is 4.19. The van der Waals surface area contributed by atoms with Crippen molar-refractivity contribution >= 4 is 0 Å². The molecule has 0 heterocycles. The predicted molar refractivity (Wildman–Crippen MR) is 30.0 cm³/mol. The van der Waals surface area contributed by atoms with E-state index in [0.717, 1.165) is 19.1 Å². The molecule has 0 aliphatic carbocycles. The third-order valence-corrected chi connectivity index (χ3v) is 0.815. The minimum absolute atomic E-state index is 0.627. The third-order valence-electron chi connectivity index (χ3n) is 0.815. The summed E-state index contributed by atoms with van der Waals surface area (Å²) in [4.78, 5) is 0. The Kier molecular flexibility index (Phi) is 2.49. The van der Waals surface area contributed by atoms with Gasteiger partial charge in [-0.1, -0.05) is 18.7 Å². The molecule has 0 bridgehead atoms. The van der Waals surface area contributed by atoms with Gasteiger partial charge in [-0.05, 0) is 6.92 Å². The van der Waals surface area contributed by atoms with Crippen molar-refractivity contribution in [1.82, 2.24) is 0 Å². The highest BCUT2D eigenvalue weighted by Crippen LogP contribution is 2.24. The van der Waals surface area contributed by atoms with Gasteiger partial charge in [-0.25, -0.2) is 0 Å². The summed E-state index contributed by atoms with van der Waals surface area (Å²) >= 11 is 0. The summed E-state index contributed by atoms with van der Waals surface area (Å²) in [5.74, 6) is 0. The van der Waals surface area contributed by atoms with E-state index in [-0.39, 0.29) is 0 Å². The molecular weight excluding hydrogens is 129 g/mol. The fraction of sp³-hybridized carbons (Fsp3) is 0.333. The molecule has 0 nitrogen and oxygen atoms in total. The first-order valence-corrected chi connectivity index (χ1v) is 2.35. The van der Waals surface area contributed by atoms with Crippen molar-refractivity contribution in [3.05, 3.63) is 24.3 Å². The lowest BCUT2D eigenvalue weighted by Crippen LogP contribution is -2.08. The lowest BCUT2D eigenvalue weighted by Gasteiger charge is -2.03. The number of hydrogen-bond donors (Lipinski definition) is 0.